The molecule has 43 heavy (non-hydrogen) atoms. The van der Waals surface area contributed by atoms with Crippen molar-refractivity contribution in [2.45, 2.75) is 32.5 Å². The van der Waals surface area contributed by atoms with Crippen molar-refractivity contribution in [2.24, 2.45) is 5.92 Å². The Morgan fingerprint density at radius 3 is 2.58 bits per heavy atom. The monoisotopic (exact) mass is 598 g/mol. The van der Waals surface area contributed by atoms with E-state index in [2.05, 4.69) is 32.5 Å². The molecule has 2 N–H and O–H groups in total. The predicted molar refractivity (Wildman–Crippen MR) is 153 cm³/mol. The van der Waals surface area contributed by atoms with Crippen LogP contribution in [0.1, 0.15) is 50.2 Å². The van der Waals surface area contributed by atoms with Crippen LogP contribution in [-0.4, -0.2) is 72.4 Å². The SMILES string of the molecule is COc1cc(C(=O)NCC2CCN(C)CC2)c(C)cc1Nc1ncc(C(F)(F)F)c(Oc2cccc3c2C(=O)N(C)C3)n1. The fourth-order valence-corrected chi connectivity index (χ4v) is 5.28. The number of rotatable bonds is 8. The number of carbonyl (C=O) groups is 2. The molecule has 3 heterocycles. The second kappa shape index (κ2) is 12.1. The number of methoxy groups -OCH3 is 1. The Kier molecular flexibility index (Phi) is 8.45. The third kappa shape index (κ3) is 6.51. The molecular formula is C30H33F3N6O4. The van der Waals surface area contributed by atoms with Gasteiger partial charge >= 0.3 is 6.18 Å². The van der Waals surface area contributed by atoms with Gasteiger partial charge in [0.2, 0.25) is 11.8 Å². The van der Waals surface area contributed by atoms with Gasteiger partial charge in [0, 0.05) is 31.9 Å². The van der Waals surface area contributed by atoms with E-state index in [1.807, 2.05) is 0 Å². The first kappa shape index (κ1) is 30.1. The fourth-order valence-electron chi connectivity index (χ4n) is 5.28. The highest BCUT2D eigenvalue weighted by molar-refractivity contribution is 6.01. The molecule has 13 heteroatoms. The van der Waals surface area contributed by atoms with E-state index in [0.717, 1.165) is 25.9 Å². The molecule has 2 aliphatic heterocycles. The molecule has 1 saturated heterocycles. The van der Waals surface area contributed by atoms with Crippen LogP contribution >= 0.6 is 0 Å². The van der Waals surface area contributed by atoms with Crippen LogP contribution in [0.15, 0.2) is 36.5 Å². The topological polar surface area (TPSA) is 109 Å². The maximum absolute atomic E-state index is 13.9. The maximum Gasteiger partial charge on any atom is 0.423 e. The van der Waals surface area contributed by atoms with E-state index in [9.17, 15) is 22.8 Å². The van der Waals surface area contributed by atoms with Crippen molar-refractivity contribution in [3.8, 4) is 17.4 Å². The summed E-state index contributed by atoms with van der Waals surface area (Å²) in [6.45, 7) is 4.63. The van der Waals surface area contributed by atoms with Crippen molar-refractivity contribution in [2.75, 3.05) is 46.2 Å². The maximum atomic E-state index is 13.9. The largest absolute Gasteiger partial charge is 0.495 e. The zero-order valence-electron chi connectivity index (χ0n) is 24.3. The van der Waals surface area contributed by atoms with Crippen molar-refractivity contribution in [3.05, 3.63) is 64.3 Å². The predicted octanol–water partition coefficient (Wildman–Crippen LogP) is 5.01. The average Bonchev–Trinajstić information content (AvgIpc) is 3.26. The van der Waals surface area contributed by atoms with Crippen LogP contribution in [0.2, 0.25) is 0 Å². The highest BCUT2D eigenvalue weighted by Gasteiger charge is 2.37. The first-order valence-electron chi connectivity index (χ1n) is 13.9. The lowest BCUT2D eigenvalue weighted by Gasteiger charge is -2.29. The number of carbonyl (C=O) groups excluding carboxylic acids is 2. The Morgan fingerprint density at radius 2 is 1.88 bits per heavy atom. The fraction of sp³-hybridized carbons (Fsp3) is 0.400. The van der Waals surface area contributed by atoms with Crippen LogP contribution < -0.4 is 20.1 Å². The molecule has 3 aromatic rings. The number of amides is 2. The first-order valence-corrected chi connectivity index (χ1v) is 13.9. The van der Waals surface area contributed by atoms with Crippen molar-refractivity contribution < 1.29 is 32.2 Å². The van der Waals surface area contributed by atoms with Crippen molar-refractivity contribution in [3.63, 3.8) is 0 Å². The van der Waals surface area contributed by atoms with Gasteiger partial charge in [-0.1, -0.05) is 12.1 Å². The number of benzene rings is 2. The Morgan fingerprint density at radius 1 is 1.14 bits per heavy atom. The number of fused-ring (bicyclic) bond motifs is 1. The van der Waals surface area contributed by atoms with E-state index >= 15 is 0 Å². The summed E-state index contributed by atoms with van der Waals surface area (Å²) in [7, 11) is 5.10. The minimum Gasteiger partial charge on any atom is -0.495 e. The van der Waals surface area contributed by atoms with Gasteiger partial charge in [-0.2, -0.15) is 18.2 Å². The van der Waals surface area contributed by atoms with Crippen LogP contribution in [0, 0.1) is 12.8 Å². The quantitative estimate of drug-likeness (QED) is 0.373. The Labute approximate surface area is 247 Å². The van der Waals surface area contributed by atoms with Crippen LogP contribution in [0.5, 0.6) is 17.4 Å². The molecule has 5 rings (SSSR count). The molecule has 1 aromatic heterocycles. The van der Waals surface area contributed by atoms with E-state index < -0.39 is 17.6 Å². The van der Waals surface area contributed by atoms with Crippen LogP contribution in [0.25, 0.3) is 0 Å². The average molecular weight is 599 g/mol. The molecule has 0 radical (unpaired) electrons. The van der Waals surface area contributed by atoms with Gasteiger partial charge in [-0.25, -0.2) is 4.98 Å². The van der Waals surface area contributed by atoms with E-state index in [0.29, 0.717) is 47.6 Å². The molecule has 2 aromatic carbocycles. The zero-order chi connectivity index (χ0) is 30.9. The molecule has 2 aliphatic rings. The van der Waals surface area contributed by atoms with E-state index in [-0.39, 0.29) is 34.8 Å². The highest BCUT2D eigenvalue weighted by atomic mass is 19.4. The number of piperidine rings is 1. The normalized spacial score (nSPS) is 15.8. The summed E-state index contributed by atoms with van der Waals surface area (Å²) >= 11 is 0. The molecule has 0 saturated carbocycles. The Bertz CT molecular complexity index is 1540. The van der Waals surface area contributed by atoms with Crippen LogP contribution in [0.4, 0.5) is 24.8 Å². The van der Waals surface area contributed by atoms with Gasteiger partial charge in [-0.15, -0.1) is 0 Å². The number of halogens is 3. The molecule has 10 nitrogen and oxygen atoms in total. The third-order valence-electron chi connectivity index (χ3n) is 7.77. The molecular weight excluding hydrogens is 565 g/mol. The molecule has 228 valence electrons. The van der Waals surface area contributed by atoms with Gasteiger partial charge in [0.05, 0.1) is 18.4 Å². The van der Waals surface area contributed by atoms with Crippen molar-refractivity contribution >= 4 is 23.5 Å². The molecule has 0 spiro atoms. The molecule has 1 fully saturated rings. The molecule has 2 amide bonds. The number of ether oxygens (including phenoxy) is 2. The highest BCUT2D eigenvalue weighted by Crippen LogP contribution is 2.40. The molecule has 0 unspecified atom stereocenters. The minimum absolute atomic E-state index is 0.0361. The summed E-state index contributed by atoms with van der Waals surface area (Å²) in [6.07, 6.45) is -2.17. The van der Waals surface area contributed by atoms with Gasteiger partial charge in [-0.3, -0.25) is 9.59 Å². The van der Waals surface area contributed by atoms with Gasteiger partial charge in [0.1, 0.15) is 17.1 Å². The number of hydrogen-bond donors (Lipinski definition) is 2. The number of aromatic nitrogens is 2. The summed E-state index contributed by atoms with van der Waals surface area (Å²) < 4.78 is 52.8. The minimum atomic E-state index is -4.82. The molecule has 0 atom stereocenters. The van der Waals surface area contributed by atoms with Crippen LogP contribution in [-0.2, 0) is 12.7 Å². The Balaban J connectivity index is 1.39. The number of aryl methyl sites for hydroxylation is 1. The number of likely N-dealkylation sites (tertiary alicyclic amines) is 1. The van der Waals surface area contributed by atoms with Gasteiger partial charge in [0.15, 0.2) is 0 Å². The second-order valence-electron chi connectivity index (χ2n) is 10.9. The second-order valence-corrected chi connectivity index (χ2v) is 10.9. The summed E-state index contributed by atoms with van der Waals surface area (Å²) in [5.41, 5.74) is 1.01. The lowest BCUT2D eigenvalue weighted by Crippen LogP contribution is -2.37. The zero-order valence-corrected chi connectivity index (χ0v) is 24.3. The summed E-state index contributed by atoms with van der Waals surface area (Å²) in [6, 6.07) is 7.96. The van der Waals surface area contributed by atoms with Crippen LogP contribution in [0.3, 0.4) is 0 Å². The molecule has 0 bridgehead atoms. The summed E-state index contributed by atoms with van der Waals surface area (Å²) in [5, 5.41) is 5.90. The lowest BCUT2D eigenvalue weighted by molar-refractivity contribution is -0.139. The van der Waals surface area contributed by atoms with Gasteiger partial charge < -0.3 is 29.9 Å². The van der Waals surface area contributed by atoms with E-state index in [1.54, 1.807) is 38.2 Å². The Hall–Kier alpha value is -4.39. The van der Waals surface area contributed by atoms with Crippen molar-refractivity contribution in [1.29, 1.82) is 0 Å². The summed E-state index contributed by atoms with van der Waals surface area (Å²) in [4.78, 5) is 37.2. The standard InChI is InChI=1S/C30H33F3N6O4/c1-17-12-22(24(42-4)13-20(17)26(40)34-14-18-8-10-38(2)11-9-18)36-29-35-15-21(30(31,32)33)27(37-29)43-23-7-5-6-19-16-39(3)28(41)25(19)23/h5-7,12-13,15,18H,8-11,14,16H2,1-4H3,(H,34,40)(H,35,36,37). The number of nitrogens with one attached hydrogen (secondary N) is 2. The lowest BCUT2D eigenvalue weighted by atomic mass is 9.97. The van der Waals surface area contributed by atoms with Crippen molar-refractivity contribution in [1.82, 2.24) is 25.1 Å². The van der Waals surface area contributed by atoms with E-state index in [4.69, 9.17) is 9.47 Å². The van der Waals surface area contributed by atoms with Gasteiger partial charge in [-0.05, 0) is 75.1 Å². The number of hydrogen-bond acceptors (Lipinski definition) is 8. The number of alkyl halides is 3. The first-order chi connectivity index (χ1) is 20.4. The number of nitrogens with zero attached hydrogens (tertiary/aromatic N) is 4. The summed E-state index contributed by atoms with van der Waals surface area (Å²) in [5.74, 6) is -0.910. The number of anilines is 2. The van der Waals surface area contributed by atoms with E-state index in [1.165, 1.54) is 18.1 Å². The van der Waals surface area contributed by atoms with Gasteiger partial charge in [0.25, 0.3) is 11.8 Å². The molecule has 0 aliphatic carbocycles. The third-order valence-corrected chi connectivity index (χ3v) is 7.77. The smallest absolute Gasteiger partial charge is 0.423 e.